The van der Waals surface area contributed by atoms with Gasteiger partial charge in [-0.2, -0.15) is 5.26 Å². The van der Waals surface area contributed by atoms with Crippen molar-refractivity contribution >= 4 is 29.2 Å². The van der Waals surface area contributed by atoms with Gasteiger partial charge in [0.1, 0.15) is 6.07 Å². The average Bonchev–Trinajstić information content (AvgIpc) is 2.73. The lowest BCUT2D eigenvalue weighted by atomic mass is 10.0. The van der Waals surface area contributed by atoms with Crippen molar-refractivity contribution in [1.29, 1.82) is 5.26 Å². The standard InChI is InChI=1S/C22H15ClN2O3/c23-19-11-10-18(13-24)20(12-19)25-21(26)14-28-22(27)17-8-6-16(7-9-17)15-4-2-1-3-5-15/h1-12H,14H2,(H,25,26). The Labute approximate surface area is 167 Å². The molecule has 6 heteroatoms. The molecule has 138 valence electrons. The maximum Gasteiger partial charge on any atom is 0.338 e. The minimum atomic E-state index is -0.610. The highest BCUT2D eigenvalue weighted by Crippen LogP contribution is 2.21. The predicted molar refractivity (Wildman–Crippen MR) is 107 cm³/mol. The van der Waals surface area contributed by atoms with Crippen LogP contribution in [0.2, 0.25) is 5.02 Å². The summed E-state index contributed by atoms with van der Waals surface area (Å²) < 4.78 is 5.04. The second-order valence-electron chi connectivity index (χ2n) is 5.87. The van der Waals surface area contributed by atoms with E-state index in [-0.39, 0.29) is 11.3 Å². The van der Waals surface area contributed by atoms with Crippen LogP contribution in [0.1, 0.15) is 15.9 Å². The quantitative estimate of drug-likeness (QED) is 0.642. The van der Waals surface area contributed by atoms with Gasteiger partial charge in [0.15, 0.2) is 6.61 Å². The van der Waals surface area contributed by atoms with Gasteiger partial charge in [0.05, 0.1) is 16.8 Å². The molecule has 1 amide bonds. The molecule has 5 nitrogen and oxygen atoms in total. The summed E-state index contributed by atoms with van der Waals surface area (Å²) in [6, 6.07) is 23.2. The average molecular weight is 391 g/mol. The van der Waals surface area contributed by atoms with Gasteiger partial charge in [-0.05, 0) is 41.5 Å². The molecule has 0 aliphatic carbocycles. The Morgan fingerprint density at radius 1 is 0.964 bits per heavy atom. The molecule has 0 radical (unpaired) electrons. The summed E-state index contributed by atoms with van der Waals surface area (Å²) in [4.78, 5) is 24.2. The van der Waals surface area contributed by atoms with E-state index in [1.165, 1.54) is 12.1 Å². The summed E-state index contributed by atoms with van der Waals surface area (Å²) in [6.45, 7) is -0.476. The summed E-state index contributed by atoms with van der Waals surface area (Å²) in [7, 11) is 0. The van der Waals surface area contributed by atoms with Gasteiger partial charge in [-0.25, -0.2) is 4.79 Å². The molecular weight excluding hydrogens is 376 g/mol. The van der Waals surface area contributed by atoms with Crippen LogP contribution in [0.25, 0.3) is 11.1 Å². The Morgan fingerprint density at radius 2 is 1.64 bits per heavy atom. The summed E-state index contributed by atoms with van der Waals surface area (Å²) >= 11 is 5.88. The molecule has 0 spiro atoms. The zero-order valence-corrected chi connectivity index (χ0v) is 15.4. The number of nitrogens with zero attached hydrogens (tertiary/aromatic N) is 1. The number of amides is 1. The van der Waals surface area contributed by atoms with Crippen molar-refractivity contribution in [2.45, 2.75) is 0 Å². The largest absolute Gasteiger partial charge is 0.452 e. The van der Waals surface area contributed by atoms with Crippen molar-refractivity contribution in [3.63, 3.8) is 0 Å². The Bertz CT molecular complexity index is 1040. The van der Waals surface area contributed by atoms with Crippen LogP contribution in [0.5, 0.6) is 0 Å². The van der Waals surface area contributed by atoms with Crippen molar-refractivity contribution < 1.29 is 14.3 Å². The van der Waals surface area contributed by atoms with E-state index in [0.717, 1.165) is 11.1 Å². The van der Waals surface area contributed by atoms with Crippen molar-refractivity contribution in [3.05, 3.63) is 88.9 Å². The zero-order valence-electron chi connectivity index (χ0n) is 14.7. The fourth-order valence-corrected chi connectivity index (χ4v) is 2.72. The first-order valence-corrected chi connectivity index (χ1v) is 8.77. The molecule has 0 atom stereocenters. The highest BCUT2D eigenvalue weighted by atomic mass is 35.5. The second-order valence-corrected chi connectivity index (χ2v) is 6.31. The molecule has 28 heavy (non-hydrogen) atoms. The number of halogens is 1. The maximum absolute atomic E-state index is 12.2. The normalized spacial score (nSPS) is 10.0. The molecule has 0 aliphatic heterocycles. The minimum Gasteiger partial charge on any atom is -0.452 e. The van der Waals surface area contributed by atoms with E-state index in [4.69, 9.17) is 21.6 Å². The van der Waals surface area contributed by atoms with Crippen LogP contribution < -0.4 is 5.32 Å². The van der Waals surface area contributed by atoms with Gasteiger partial charge in [-0.1, -0.05) is 54.1 Å². The molecule has 0 heterocycles. The van der Waals surface area contributed by atoms with Crippen LogP contribution in [-0.4, -0.2) is 18.5 Å². The smallest absolute Gasteiger partial charge is 0.338 e. The summed E-state index contributed by atoms with van der Waals surface area (Å²) in [6.07, 6.45) is 0. The summed E-state index contributed by atoms with van der Waals surface area (Å²) in [5.74, 6) is -1.17. The number of nitriles is 1. The number of carbonyl (C=O) groups is 2. The van der Waals surface area contributed by atoms with E-state index in [2.05, 4.69) is 5.32 Å². The highest BCUT2D eigenvalue weighted by Gasteiger charge is 2.12. The van der Waals surface area contributed by atoms with Crippen LogP contribution in [-0.2, 0) is 9.53 Å². The van der Waals surface area contributed by atoms with Crippen molar-refractivity contribution in [1.82, 2.24) is 0 Å². The third kappa shape index (κ3) is 4.76. The first-order valence-electron chi connectivity index (χ1n) is 8.39. The van der Waals surface area contributed by atoms with E-state index >= 15 is 0 Å². The third-order valence-electron chi connectivity index (χ3n) is 3.94. The SMILES string of the molecule is N#Cc1ccc(Cl)cc1NC(=O)COC(=O)c1ccc(-c2ccccc2)cc1. The van der Waals surface area contributed by atoms with Crippen LogP contribution in [0.3, 0.4) is 0 Å². The topological polar surface area (TPSA) is 79.2 Å². The predicted octanol–water partition coefficient (Wildman–Crippen LogP) is 4.67. The first-order chi connectivity index (χ1) is 13.6. The molecule has 0 unspecified atom stereocenters. The van der Waals surface area contributed by atoms with E-state index in [0.29, 0.717) is 10.6 Å². The van der Waals surface area contributed by atoms with Gasteiger partial charge in [0.2, 0.25) is 0 Å². The van der Waals surface area contributed by atoms with E-state index in [1.807, 2.05) is 48.5 Å². The lowest BCUT2D eigenvalue weighted by molar-refractivity contribution is -0.119. The molecule has 1 N–H and O–H groups in total. The summed E-state index contributed by atoms with van der Waals surface area (Å²) in [5, 5.41) is 12.0. The Balaban J connectivity index is 1.59. The molecule has 0 aliphatic rings. The minimum absolute atomic E-state index is 0.264. The maximum atomic E-state index is 12.2. The molecule has 3 aromatic carbocycles. The van der Waals surface area contributed by atoms with Crippen LogP contribution in [0, 0.1) is 11.3 Å². The molecule has 0 bridgehead atoms. The van der Waals surface area contributed by atoms with E-state index in [1.54, 1.807) is 18.2 Å². The van der Waals surface area contributed by atoms with E-state index in [9.17, 15) is 9.59 Å². The molecule has 0 fully saturated rings. The molecule has 0 aromatic heterocycles. The van der Waals surface area contributed by atoms with Gasteiger partial charge < -0.3 is 10.1 Å². The molecule has 3 rings (SSSR count). The Kier molecular flexibility index (Phi) is 6.05. The fourth-order valence-electron chi connectivity index (χ4n) is 2.55. The fraction of sp³-hybridized carbons (Fsp3) is 0.0455. The van der Waals surface area contributed by atoms with Gasteiger partial charge in [-0.15, -0.1) is 0 Å². The van der Waals surface area contributed by atoms with Gasteiger partial charge in [-0.3, -0.25) is 4.79 Å². The van der Waals surface area contributed by atoms with Crippen molar-refractivity contribution in [2.24, 2.45) is 0 Å². The third-order valence-corrected chi connectivity index (χ3v) is 4.17. The lowest BCUT2D eigenvalue weighted by Gasteiger charge is -2.09. The number of esters is 1. The number of carbonyl (C=O) groups excluding carboxylic acids is 2. The highest BCUT2D eigenvalue weighted by molar-refractivity contribution is 6.31. The number of hydrogen-bond acceptors (Lipinski definition) is 4. The van der Waals surface area contributed by atoms with Crippen LogP contribution >= 0.6 is 11.6 Å². The van der Waals surface area contributed by atoms with Gasteiger partial charge >= 0.3 is 5.97 Å². The Hall–Kier alpha value is -3.62. The van der Waals surface area contributed by atoms with Crippen molar-refractivity contribution in [3.8, 4) is 17.2 Å². The van der Waals surface area contributed by atoms with Crippen LogP contribution in [0.15, 0.2) is 72.8 Å². The monoisotopic (exact) mass is 390 g/mol. The number of rotatable bonds is 5. The van der Waals surface area contributed by atoms with Crippen LogP contribution in [0.4, 0.5) is 5.69 Å². The first kappa shape index (κ1) is 19.2. The lowest BCUT2D eigenvalue weighted by Crippen LogP contribution is -2.21. The molecule has 0 saturated heterocycles. The number of hydrogen-bond donors (Lipinski definition) is 1. The molecular formula is C22H15ClN2O3. The molecule has 3 aromatic rings. The zero-order chi connectivity index (χ0) is 19.9. The van der Waals surface area contributed by atoms with Gasteiger partial charge in [0.25, 0.3) is 5.91 Å². The van der Waals surface area contributed by atoms with Gasteiger partial charge in [0, 0.05) is 5.02 Å². The number of ether oxygens (including phenoxy) is 1. The second kappa shape index (κ2) is 8.85. The number of anilines is 1. The Morgan fingerprint density at radius 3 is 2.32 bits per heavy atom. The van der Waals surface area contributed by atoms with Crippen molar-refractivity contribution in [2.75, 3.05) is 11.9 Å². The number of nitrogens with one attached hydrogen (secondary N) is 1. The number of benzene rings is 3. The summed E-state index contributed by atoms with van der Waals surface area (Å²) in [5.41, 5.74) is 2.88. The molecule has 0 saturated carbocycles. The van der Waals surface area contributed by atoms with E-state index < -0.39 is 18.5 Å².